The maximum absolute atomic E-state index is 13.4. The maximum Gasteiger partial charge on any atom is 0.311 e. The van der Waals surface area contributed by atoms with E-state index in [4.69, 9.17) is 11.6 Å². The number of carboxylic acids is 2. The molecule has 0 spiro atoms. The molecule has 2 aliphatic heterocycles. The first kappa shape index (κ1) is 33.6. The average molecular weight is 648 g/mol. The van der Waals surface area contributed by atoms with E-state index in [0.29, 0.717) is 23.6 Å². The van der Waals surface area contributed by atoms with Crippen LogP contribution in [0.3, 0.4) is 0 Å². The number of halogens is 1. The Hall–Kier alpha value is -3.79. The van der Waals surface area contributed by atoms with Crippen molar-refractivity contribution in [1.82, 2.24) is 10.2 Å². The molecule has 0 saturated carbocycles. The number of nitro benzene ring substituents is 1. The van der Waals surface area contributed by atoms with Crippen LogP contribution in [0.25, 0.3) is 0 Å². The minimum absolute atomic E-state index is 0.168. The Morgan fingerprint density at radius 2 is 1.57 bits per heavy atom. The van der Waals surface area contributed by atoms with Gasteiger partial charge in [0, 0.05) is 40.6 Å². The molecule has 2 saturated heterocycles. The highest BCUT2D eigenvalue weighted by molar-refractivity contribution is 6.30. The second-order valence-corrected chi connectivity index (χ2v) is 13.7. The Bertz CT molecular complexity index is 1580. The molecule has 5 unspecified atom stereocenters. The third kappa shape index (κ3) is 5.80. The largest absolute Gasteiger partial charge is 0.481 e. The number of benzene rings is 3. The van der Waals surface area contributed by atoms with Gasteiger partial charge in [0.15, 0.2) is 0 Å². The number of carbonyl (C=O) groups is 2. The van der Waals surface area contributed by atoms with E-state index in [9.17, 15) is 29.9 Å². The fourth-order valence-electron chi connectivity index (χ4n) is 8.30. The van der Waals surface area contributed by atoms with E-state index in [1.165, 1.54) is 29.3 Å². The van der Waals surface area contributed by atoms with Gasteiger partial charge >= 0.3 is 11.9 Å². The number of carboxylic acid groups (broad SMARTS) is 2. The molecule has 0 aliphatic carbocycles. The zero-order valence-electron chi connectivity index (χ0n) is 26.5. The predicted molar refractivity (Wildman–Crippen MR) is 177 cm³/mol. The zero-order chi connectivity index (χ0) is 33.3. The molecule has 5 atom stereocenters. The van der Waals surface area contributed by atoms with Crippen LogP contribution in [-0.4, -0.2) is 63.7 Å². The number of likely N-dealkylation sites (tertiary alicyclic amines) is 1. The number of hydrogen-bond acceptors (Lipinski definition) is 6. The van der Waals surface area contributed by atoms with Crippen LogP contribution in [0.15, 0.2) is 78.9 Å². The van der Waals surface area contributed by atoms with Crippen LogP contribution in [0.4, 0.5) is 5.69 Å². The molecule has 9 nitrogen and oxygen atoms in total. The van der Waals surface area contributed by atoms with E-state index < -0.39 is 45.7 Å². The smallest absolute Gasteiger partial charge is 0.311 e. The lowest BCUT2D eigenvalue weighted by Crippen LogP contribution is -2.68. The van der Waals surface area contributed by atoms with Gasteiger partial charge in [-0.05, 0) is 94.9 Å². The van der Waals surface area contributed by atoms with Crippen molar-refractivity contribution in [3.8, 4) is 0 Å². The number of aliphatic carboxylic acids is 2. The molecule has 5 rings (SSSR count). The third-order valence-corrected chi connectivity index (χ3v) is 11.3. The maximum atomic E-state index is 13.4. The predicted octanol–water partition coefficient (Wildman–Crippen LogP) is 6.74. The Morgan fingerprint density at radius 1 is 0.935 bits per heavy atom. The molecule has 2 heterocycles. The van der Waals surface area contributed by atoms with Crippen LogP contribution in [0.2, 0.25) is 5.02 Å². The van der Waals surface area contributed by atoms with Gasteiger partial charge in [-0.1, -0.05) is 66.2 Å². The molecular weight excluding hydrogens is 606 g/mol. The quantitative estimate of drug-likeness (QED) is 0.163. The molecule has 0 bridgehead atoms. The van der Waals surface area contributed by atoms with Gasteiger partial charge in [-0.2, -0.15) is 0 Å². The summed E-state index contributed by atoms with van der Waals surface area (Å²) in [5.41, 5.74) is -0.600. The molecule has 3 aromatic rings. The highest BCUT2D eigenvalue weighted by atomic mass is 35.5. The van der Waals surface area contributed by atoms with Crippen molar-refractivity contribution in [1.29, 1.82) is 0 Å². The molecule has 46 heavy (non-hydrogen) atoms. The SMILES string of the molecule is CC1NC(C)C(CCCN2CCC(c3ccccc3)(c3ccc(Cl)cc3)CC2)(C(=O)O)C(c2cccc([N+](=O)[O-])c2)C1(C)C(=O)O. The summed E-state index contributed by atoms with van der Waals surface area (Å²) in [5.74, 6) is -3.26. The van der Waals surface area contributed by atoms with Crippen LogP contribution in [0.5, 0.6) is 0 Å². The van der Waals surface area contributed by atoms with E-state index in [-0.39, 0.29) is 17.5 Å². The van der Waals surface area contributed by atoms with Crippen molar-refractivity contribution < 1.29 is 24.7 Å². The van der Waals surface area contributed by atoms with Crippen molar-refractivity contribution >= 4 is 29.2 Å². The lowest BCUT2D eigenvalue weighted by Gasteiger charge is -2.56. The first-order valence-electron chi connectivity index (χ1n) is 15.9. The van der Waals surface area contributed by atoms with Crippen LogP contribution < -0.4 is 5.32 Å². The van der Waals surface area contributed by atoms with E-state index >= 15 is 0 Å². The van der Waals surface area contributed by atoms with Crippen molar-refractivity contribution in [3.05, 3.63) is 111 Å². The zero-order valence-corrected chi connectivity index (χ0v) is 27.2. The molecule has 3 N–H and O–H groups in total. The fraction of sp³-hybridized carbons (Fsp3) is 0.444. The number of nitrogens with one attached hydrogen (secondary N) is 1. The fourth-order valence-corrected chi connectivity index (χ4v) is 8.43. The molecule has 0 radical (unpaired) electrons. The van der Waals surface area contributed by atoms with Crippen molar-refractivity contribution in [2.45, 2.75) is 69.9 Å². The minimum atomic E-state index is -1.54. The van der Waals surface area contributed by atoms with Gasteiger partial charge in [-0.25, -0.2) is 0 Å². The Balaban J connectivity index is 1.41. The molecule has 2 aliphatic rings. The van der Waals surface area contributed by atoms with Gasteiger partial charge in [0.25, 0.3) is 5.69 Å². The first-order chi connectivity index (χ1) is 21.9. The molecule has 0 aromatic heterocycles. The number of piperidine rings is 2. The van der Waals surface area contributed by atoms with Gasteiger partial charge < -0.3 is 20.4 Å². The molecule has 2 fully saturated rings. The molecular formula is C36H42ClN3O6. The molecule has 244 valence electrons. The van der Waals surface area contributed by atoms with Gasteiger partial charge in [0.05, 0.1) is 15.8 Å². The van der Waals surface area contributed by atoms with Gasteiger partial charge in [-0.3, -0.25) is 19.7 Å². The summed E-state index contributed by atoms with van der Waals surface area (Å²) in [7, 11) is 0. The Kier molecular flexibility index (Phi) is 9.59. The Labute approximate surface area is 274 Å². The topological polar surface area (TPSA) is 133 Å². The summed E-state index contributed by atoms with van der Waals surface area (Å²) >= 11 is 6.23. The normalized spacial score (nSPS) is 28.0. The van der Waals surface area contributed by atoms with Crippen LogP contribution in [0.1, 0.15) is 69.1 Å². The summed E-state index contributed by atoms with van der Waals surface area (Å²) in [6.07, 6.45) is 2.49. The van der Waals surface area contributed by atoms with E-state index in [1.54, 1.807) is 26.8 Å². The third-order valence-electron chi connectivity index (χ3n) is 11.1. The van der Waals surface area contributed by atoms with Crippen LogP contribution >= 0.6 is 11.6 Å². The average Bonchev–Trinajstić information content (AvgIpc) is 3.04. The summed E-state index contributed by atoms with van der Waals surface area (Å²) in [5, 5.41) is 37.2. The monoisotopic (exact) mass is 647 g/mol. The highest BCUT2D eigenvalue weighted by Gasteiger charge is 2.65. The first-order valence-corrected chi connectivity index (χ1v) is 16.2. The van der Waals surface area contributed by atoms with E-state index in [1.807, 2.05) is 18.2 Å². The number of nitro groups is 1. The number of nitrogens with zero attached hydrogens (tertiary/aromatic N) is 2. The standard InChI is InChI=1S/C36H42ClN3O6/c1-24-34(3,32(41)42)31(26-9-7-12-30(23-26)40(45)46)36(33(43)44,25(2)38-24)17-8-20-39-21-18-35(19-22-39,27-10-5-4-6-11-27)28-13-15-29(37)16-14-28/h4-7,9-16,23-25,31,38H,8,17-22H2,1-3H3,(H,41,42)(H,43,44). The summed E-state index contributed by atoms with van der Waals surface area (Å²) in [4.78, 5) is 39.9. The number of rotatable bonds is 10. The molecule has 10 heteroatoms. The van der Waals surface area contributed by atoms with Gasteiger partial charge in [0.2, 0.25) is 0 Å². The van der Waals surface area contributed by atoms with Crippen LogP contribution in [0, 0.1) is 20.9 Å². The van der Waals surface area contributed by atoms with E-state index in [2.05, 4.69) is 46.6 Å². The minimum Gasteiger partial charge on any atom is -0.481 e. The van der Waals surface area contributed by atoms with Crippen molar-refractivity contribution in [2.75, 3.05) is 19.6 Å². The summed E-state index contributed by atoms with van der Waals surface area (Å²) < 4.78 is 0. The van der Waals surface area contributed by atoms with Crippen molar-refractivity contribution in [2.24, 2.45) is 10.8 Å². The number of hydrogen-bond donors (Lipinski definition) is 3. The second-order valence-electron chi connectivity index (χ2n) is 13.2. The highest BCUT2D eigenvalue weighted by Crippen LogP contribution is 2.57. The van der Waals surface area contributed by atoms with Gasteiger partial charge in [0.1, 0.15) is 0 Å². The van der Waals surface area contributed by atoms with E-state index in [0.717, 1.165) is 25.9 Å². The summed E-state index contributed by atoms with van der Waals surface area (Å²) in [6, 6.07) is 23.2. The second kappa shape index (κ2) is 13.1. The lowest BCUT2D eigenvalue weighted by atomic mass is 9.51. The Morgan fingerprint density at radius 3 is 2.15 bits per heavy atom. The van der Waals surface area contributed by atoms with Crippen LogP contribution in [-0.2, 0) is 15.0 Å². The number of non-ortho nitro benzene ring substituents is 1. The molecule has 0 amide bonds. The van der Waals surface area contributed by atoms with Crippen molar-refractivity contribution in [3.63, 3.8) is 0 Å². The molecule has 3 aromatic carbocycles. The van der Waals surface area contributed by atoms with Gasteiger partial charge in [-0.15, -0.1) is 0 Å². The lowest BCUT2D eigenvalue weighted by molar-refractivity contribution is -0.385. The summed E-state index contributed by atoms with van der Waals surface area (Å²) in [6.45, 7) is 7.36.